The molecule has 1 amide bonds. The number of nitrogens with zero attached hydrogens (tertiary/aromatic N) is 2. The lowest BCUT2D eigenvalue weighted by atomic mass is 10.0. The molecule has 2 rings (SSSR count). The first-order valence-corrected chi connectivity index (χ1v) is 6.87. The summed E-state index contributed by atoms with van der Waals surface area (Å²) in [4.78, 5) is 16.7. The first kappa shape index (κ1) is 14.0. The van der Waals surface area contributed by atoms with Gasteiger partial charge in [-0.1, -0.05) is 18.2 Å². The highest BCUT2D eigenvalue weighted by Gasteiger charge is 2.28. The molecule has 1 aromatic rings. The van der Waals surface area contributed by atoms with Gasteiger partial charge in [-0.15, -0.1) is 0 Å². The summed E-state index contributed by atoms with van der Waals surface area (Å²) in [5, 5.41) is 0. The molecule has 0 bridgehead atoms. The minimum Gasteiger partial charge on any atom is -0.337 e. The van der Waals surface area contributed by atoms with Crippen LogP contribution in [0.25, 0.3) is 0 Å². The lowest BCUT2D eigenvalue weighted by molar-refractivity contribution is 0.0782. The summed E-state index contributed by atoms with van der Waals surface area (Å²) >= 11 is 0. The Kier molecular flexibility index (Phi) is 4.56. The van der Waals surface area contributed by atoms with Crippen LogP contribution in [0.1, 0.15) is 22.3 Å². The van der Waals surface area contributed by atoms with Crippen LogP contribution in [-0.4, -0.2) is 55.5 Å². The van der Waals surface area contributed by atoms with Crippen LogP contribution in [0.3, 0.4) is 0 Å². The molecule has 0 saturated carbocycles. The van der Waals surface area contributed by atoms with Crippen LogP contribution in [0.15, 0.2) is 24.3 Å². The van der Waals surface area contributed by atoms with Crippen LogP contribution in [0.5, 0.6) is 0 Å². The van der Waals surface area contributed by atoms with Crippen LogP contribution in [-0.2, 0) is 6.42 Å². The zero-order valence-electron chi connectivity index (χ0n) is 11.8. The highest BCUT2D eigenvalue weighted by molar-refractivity contribution is 5.95. The van der Waals surface area contributed by atoms with Crippen molar-refractivity contribution in [3.05, 3.63) is 35.4 Å². The minimum atomic E-state index is 0.147. The summed E-state index contributed by atoms with van der Waals surface area (Å²) in [5.41, 5.74) is 7.48. The fourth-order valence-electron chi connectivity index (χ4n) is 2.62. The highest BCUT2D eigenvalue weighted by Crippen LogP contribution is 2.18. The Morgan fingerprint density at radius 2 is 2.16 bits per heavy atom. The van der Waals surface area contributed by atoms with Gasteiger partial charge in [0.05, 0.1) is 0 Å². The van der Waals surface area contributed by atoms with Crippen molar-refractivity contribution in [1.29, 1.82) is 0 Å². The molecule has 1 saturated heterocycles. The van der Waals surface area contributed by atoms with Crippen molar-refractivity contribution in [2.75, 3.05) is 33.7 Å². The normalized spacial score (nSPS) is 19.2. The quantitative estimate of drug-likeness (QED) is 0.878. The van der Waals surface area contributed by atoms with E-state index in [0.29, 0.717) is 12.6 Å². The van der Waals surface area contributed by atoms with E-state index in [1.54, 1.807) is 0 Å². The van der Waals surface area contributed by atoms with Gasteiger partial charge in [-0.05, 0) is 45.1 Å². The van der Waals surface area contributed by atoms with Crippen molar-refractivity contribution in [2.45, 2.75) is 18.9 Å². The lowest BCUT2D eigenvalue weighted by Crippen LogP contribution is -2.34. The molecule has 1 aromatic carbocycles. The maximum Gasteiger partial charge on any atom is 0.254 e. The molecule has 4 nitrogen and oxygen atoms in total. The molecule has 1 fully saturated rings. The van der Waals surface area contributed by atoms with E-state index in [0.717, 1.165) is 37.1 Å². The van der Waals surface area contributed by atoms with E-state index in [1.807, 2.05) is 29.2 Å². The predicted octanol–water partition coefficient (Wildman–Crippen LogP) is 0.964. The van der Waals surface area contributed by atoms with Gasteiger partial charge in [0.1, 0.15) is 0 Å². The van der Waals surface area contributed by atoms with Crippen molar-refractivity contribution in [1.82, 2.24) is 9.80 Å². The van der Waals surface area contributed by atoms with Crippen LogP contribution < -0.4 is 5.73 Å². The zero-order valence-corrected chi connectivity index (χ0v) is 11.8. The van der Waals surface area contributed by atoms with Crippen molar-refractivity contribution in [3.8, 4) is 0 Å². The third-order valence-electron chi connectivity index (χ3n) is 3.84. The van der Waals surface area contributed by atoms with E-state index >= 15 is 0 Å². The van der Waals surface area contributed by atoms with Crippen LogP contribution in [0.2, 0.25) is 0 Å². The van der Waals surface area contributed by atoms with E-state index in [9.17, 15) is 4.79 Å². The van der Waals surface area contributed by atoms with Gasteiger partial charge < -0.3 is 15.5 Å². The standard InChI is InChI=1S/C15H23N3O/c1-17(2)13-8-10-18(11-13)15(19)14-6-4-3-5-12(14)7-9-16/h3-6,13H,7-11,16H2,1-2H3. The summed E-state index contributed by atoms with van der Waals surface area (Å²) in [6.45, 7) is 2.24. The molecule has 104 valence electrons. The Labute approximate surface area is 115 Å². The number of likely N-dealkylation sites (N-methyl/N-ethyl adjacent to an activating group) is 1. The summed E-state index contributed by atoms with van der Waals surface area (Å²) < 4.78 is 0. The van der Waals surface area contributed by atoms with Crippen LogP contribution in [0.4, 0.5) is 0 Å². The maximum atomic E-state index is 12.6. The molecule has 1 unspecified atom stereocenters. The number of amides is 1. The highest BCUT2D eigenvalue weighted by atomic mass is 16.2. The Morgan fingerprint density at radius 3 is 2.79 bits per heavy atom. The second-order valence-electron chi connectivity index (χ2n) is 5.35. The van der Waals surface area contributed by atoms with Gasteiger partial charge in [-0.2, -0.15) is 0 Å². The van der Waals surface area contributed by atoms with Crippen molar-refractivity contribution in [3.63, 3.8) is 0 Å². The number of benzene rings is 1. The lowest BCUT2D eigenvalue weighted by Gasteiger charge is -2.21. The smallest absolute Gasteiger partial charge is 0.254 e. The van der Waals surface area contributed by atoms with E-state index in [4.69, 9.17) is 5.73 Å². The minimum absolute atomic E-state index is 0.147. The topological polar surface area (TPSA) is 49.6 Å². The summed E-state index contributed by atoms with van der Waals surface area (Å²) in [7, 11) is 4.14. The summed E-state index contributed by atoms with van der Waals surface area (Å²) in [5.74, 6) is 0.147. The maximum absolute atomic E-state index is 12.6. The molecule has 19 heavy (non-hydrogen) atoms. The monoisotopic (exact) mass is 261 g/mol. The molecule has 0 radical (unpaired) electrons. The Bertz CT molecular complexity index is 445. The summed E-state index contributed by atoms with van der Waals surface area (Å²) in [6.07, 6.45) is 1.81. The Hall–Kier alpha value is -1.39. The van der Waals surface area contributed by atoms with Gasteiger partial charge >= 0.3 is 0 Å². The second-order valence-corrected chi connectivity index (χ2v) is 5.35. The van der Waals surface area contributed by atoms with Crippen molar-refractivity contribution in [2.24, 2.45) is 5.73 Å². The Balaban J connectivity index is 2.12. The largest absolute Gasteiger partial charge is 0.337 e. The third kappa shape index (κ3) is 3.14. The fourth-order valence-corrected chi connectivity index (χ4v) is 2.62. The number of carbonyl (C=O) groups is 1. The second kappa shape index (κ2) is 6.17. The van der Waals surface area contributed by atoms with E-state index in [1.165, 1.54) is 0 Å². The molecule has 4 heteroatoms. The zero-order chi connectivity index (χ0) is 13.8. The molecular weight excluding hydrogens is 238 g/mol. The number of hydrogen-bond acceptors (Lipinski definition) is 3. The van der Waals surface area contributed by atoms with Gasteiger partial charge in [-0.25, -0.2) is 0 Å². The number of nitrogens with two attached hydrogens (primary N) is 1. The molecule has 0 aromatic heterocycles. The molecule has 2 N–H and O–H groups in total. The van der Waals surface area contributed by atoms with Gasteiger partial charge in [0, 0.05) is 24.7 Å². The molecule has 1 aliphatic rings. The fraction of sp³-hybridized carbons (Fsp3) is 0.533. The molecule has 0 aliphatic carbocycles. The molecule has 1 atom stereocenters. The van der Waals surface area contributed by atoms with Crippen molar-refractivity contribution >= 4 is 5.91 Å². The van der Waals surface area contributed by atoms with Crippen LogP contribution >= 0.6 is 0 Å². The summed E-state index contributed by atoms with van der Waals surface area (Å²) in [6, 6.07) is 8.28. The molecule has 1 heterocycles. The number of likely N-dealkylation sites (tertiary alicyclic amines) is 1. The average molecular weight is 261 g/mol. The molecular formula is C15H23N3O. The predicted molar refractivity (Wildman–Crippen MR) is 77.2 cm³/mol. The van der Waals surface area contributed by atoms with Gasteiger partial charge in [-0.3, -0.25) is 4.79 Å². The first-order valence-electron chi connectivity index (χ1n) is 6.87. The third-order valence-corrected chi connectivity index (χ3v) is 3.84. The van der Waals surface area contributed by atoms with E-state index in [-0.39, 0.29) is 5.91 Å². The Morgan fingerprint density at radius 1 is 1.42 bits per heavy atom. The van der Waals surface area contributed by atoms with Gasteiger partial charge in [0.15, 0.2) is 0 Å². The first-order chi connectivity index (χ1) is 9.13. The number of carbonyl (C=O) groups excluding carboxylic acids is 1. The number of rotatable bonds is 4. The van der Waals surface area contributed by atoms with Crippen LogP contribution in [0, 0.1) is 0 Å². The number of hydrogen-bond donors (Lipinski definition) is 1. The van der Waals surface area contributed by atoms with E-state index in [2.05, 4.69) is 19.0 Å². The van der Waals surface area contributed by atoms with Crippen molar-refractivity contribution < 1.29 is 4.79 Å². The van der Waals surface area contributed by atoms with E-state index < -0.39 is 0 Å². The van der Waals surface area contributed by atoms with Gasteiger partial charge in [0.2, 0.25) is 0 Å². The molecule has 0 spiro atoms. The average Bonchev–Trinajstić information content (AvgIpc) is 2.89. The molecule has 1 aliphatic heterocycles. The van der Waals surface area contributed by atoms with Gasteiger partial charge in [0.25, 0.3) is 5.91 Å². The SMILES string of the molecule is CN(C)C1CCN(C(=O)c2ccccc2CCN)C1.